The van der Waals surface area contributed by atoms with E-state index in [0.717, 1.165) is 6.26 Å². The summed E-state index contributed by atoms with van der Waals surface area (Å²) in [5.41, 5.74) is 0.391. The Labute approximate surface area is 107 Å². The molecule has 7 heteroatoms. The number of carbonyl (C=O) groups is 1. The molecule has 0 aliphatic rings. The van der Waals surface area contributed by atoms with Crippen molar-refractivity contribution in [2.45, 2.75) is 0 Å². The van der Waals surface area contributed by atoms with Crippen molar-refractivity contribution in [3.8, 4) is 5.75 Å². The number of alkyl halides is 1. The van der Waals surface area contributed by atoms with Gasteiger partial charge in [-0.1, -0.05) is 27.5 Å². The Morgan fingerprint density at radius 2 is 2.12 bits per heavy atom. The molecule has 16 heavy (non-hydrogen) atoms. The van der Waals surface area contributed by atoms with E-state index in [1.54, 1.807) is 0 Å². The van der Waals surface area contributed by atoms with Crippen LogP contribution in [0.2, 0.25) is 5.02 Å². The second-order valence-electron chi connectivity index (χ2n) is 2.99. The van der Waals surface area contributed by atoms with Crippen LogP contribution in [0.15, 0.2) is 18.2 Å². The van der Waals surface area contributed by atoms with Crippen molar-refractivity contribution in [1.82, 2.24) is 0 Å². The van der Waals surface area contributed by atoms with Crippen LogP contribution >= 0.6 is 27.5 Å². The standard InChI is InChI=1S/C9H8BrClO4S/c1-16(13,14)15-9-3-2-6(4-7(9)11)8(12)5-10/h2-4H,5H2,1H3. The summed E-state index contributed by atoms with van der Waals surface area (Å²) in [6.07, 6.45) is 0.918. The van der Waals surface area contributed by atoms with Gasteiger partial charge >= 0.3 is 10.1 Å². The van der Waals surface area contributed by atoms with Crippen LogP contribution in [0.1, 0.15) is 10.4 Å². The van der Waals surface area contributed by atoms with E-state index in [1.807, 2.05) is 0 Å². The highest BCUT2D eigenvalue weighted by molar-refractivity contribution is 9.09. The molecule has 0 saturated carbocycles. The van der Waals surface area contributed by atoms with E-state index in [0.29, 0.717) is 5.56 Å². The molecule has 0 aromatic heterocycles. The first-order valence-electron chi connectivity index (χ1n) is 4.11. The van der Waals surface area contributed by atoms with E-state index >= 15 is 0 Å². The highest BCUT2D eigenvalue weighted by Crippen LogP contribution is 2.26. The summed E-state index contributed by atoms with van der Waals surface area (Å²) in [5, 5.41) is 0.257. The Morgan fingerprint density at radius 1 is 1.50 bits per heavy atom. The lowest BCUT2D eigenvalue weighted by atomic mass is 10.1. The zero-order valence-corrected chi connectivity index (χ0v) is 11.4. The predicted molar refractivity (Wildman–Crippen MR) is 65.0 cm³/mol. The fraction of sp³-hybridized carbons (Fsp3) is 0.222. The maximum atomic E-state index is 11.3. The molecule has 0 N–H and O–H groups in total. The second kappa shape index (κ2) is 5.16. The molecule has 0 amide bonds. The number of ketones is 1. The van der Waals surface area contributed by atoms with E-state index in [2.05, 4.69) is 20.1 Å². The monoisotopic (exact) mass is 326 g/mol. The van der Waals surface area contributed by atoms with E-state index in [9.17, 15) is 13.2 Å². The molecule has 0 bridgehead atoms. The van der Waals surface area contributed by atoms with Gasteiger partial charge in [0, 0.05) is 5.56 Å². The molecular formula is C9H8BrClO4S. The largest absolute Gasteiger partial charge is 0.381 e. The molecule has 1 aromatic carbocycles. The molecule has 1 aromatic rings. The molecule has 4 nitrogen and oxygen atoms in total. The maximum Gasteiger partial charge on any atom is 0.306 e. The van der Waals surface area contributed by atoms with Crippen molar-refractivity contribution in [1.29, 1.82) is 0 Å². The summed E-state index contributed by atoms with van der Waals surface area (Å²) >= 11 is 8.80. The Balaban J connectivity index is 3.05. The van der Waals surface area contributed by atoms with Gasteiger partial charge in [0.2, 0.25) is 0 Å². The van der Waals surface area contributed by atoms with Crippen LogP contribution in [0.25, 0.3) is 0 Å². The van der Waals surface area contributed by atoms with Crippen molar-refractivity contribution in [2.24, 2.45) is 0 Å². The third kappa shape index (κ3) is 3.77. The Kier molecular flexibility index (Phi) is 4.35. The fourth-order valence-electron chi connectivity index (χ4n) is 0.982. The summed E-state index contributed by atoms with van der Waals surface area (Å²) in [6.45, 7) is 0. The molecule has 0 unspecified atom stereocenters. The number of hydrogen-bond donors (Lipinski definition) is 0. The van der Waals surface area contributed by atoms with Crippen molar-refractivity contribution >= 4 is 43.4 Å². The van der Waals surface area contributed by atoms with Crippen LogP contribution in [0.5, 0.6) is 5.75 Å². The van der Waals surface area contributed by atoms with Crippen molar-refractivity contribution < 1.29 is 17.4 Å². The molecule has 1 rings (SSSR count). The molecule has 0 saturated heterocycles. The third-order valence-electron chi connectivity index (χ3n) is 1.62. The van der Waals surface area contributed by atoms with Crippen molar-refractivity contribution in [2.75, 3.05) is 11.6 Å². The summed E-state index contributed by atoms with van der Waals surface area (Å²) in [4.78, 5) is 11.3. The van der Waals surface area contributed by atoms with Gasteiger partial charge in [-0.15, -0.1) is 0 Å². The van der Waals surface area contributed by atoms with Crippen LogP contribution in [0, 0.1) is 0 Å². The van der Waals surface area contributed by atoms with Gasteiger partial charge in [0.25, 0.3) is 0 Å². The summed E-state index contributed by atoms with van der Waals surface area (Å²) in [6, 6.07) is 4.17. The SMILES string of the molecule is CS(=O)(=O)Oc1ccc(C(=O)CBr)cc1Cl. The minimum Gasteiger partial charge on any atom is -0.381 e. The lowest BCUT2D eigenvalue weighted by Crippen LogP contribution is -2.07. The maximum absolute atomic E-state index is 11.3. The molecule has 0 fully saturated rings. The normalized spacial score (nSPS) is 11.2. The van der Waals surface area contributed by atoms with Gasteiger partial charge in [-0.3, -0.25) is 4.79 Å². The van der Waals surface area contributed by atoms with Gasteiger partial charge in [-0.25, -0.2) is 0 Å². The summed E-state index contributed by atoms with van der Waals surface area (Å²) < 4.78 is 26.4. The summed E-state index contributed by atoms with van der Waals surface area (Å²) in [5.74, 6) is -0.136. The third-order valence-corrected chi connectivity index (χ3v) is 2.90. The lowest BCUT2D eigenvalue weighted by molar-refractivity contribution is 0.102. The van der Waals surface area contributed by atoms with E-state index < -0.39 is 10.1 Å². The molecule has 88 valence electrons. The van der Waals surface area contributed by atoms with Crippen LogP contribution in [0.4, 0.5) is 0 Å². The van der Waals surface area contributed by atoms with Gasteiger partial charge in [0.05, 0.1) is 16.6 Å². The zero-order valence-electron chi connectivity index (χ0n) is 8.24. The number of hydrogen-bond acceptors (Lipinski definition) is 4. The van der Waals surface area contributed by atoms with Crippen molar-refractivity contribution in [3.63, 3.8) is 0 Å². The number of Topliss-reactive ketones (excluding diaryl/α,β-unsaturated/α-hetero) is 1. The summed E-state index contributed by atoms with van der Waals surface area (Å²) in [7, 11) is -3.62. The number of carbonyl (C=O) groups excluding carboxylic acids is 1. The molecule has 0 radical (unpaired) electrons. The Hall–Kier alpha value is -0.590. The quantitative estimate of drug-likeness (QED) is 0.483. The van der Waals surface area contributed by atoms with Crippen molar-refractivity contribution in [3.05, 3.63) is 28.8 Å². The average molecular weight is 328 g/mol. The van der Waals surface area contributed by atoms with Gasteiger partial charge in [0.1, 0.15) is 0 Å². The van der Waals surface area contributed by atoms with Gasteiger partial charge in [-0.2, -0.15) is 8.42 Å². The lowest BCUT2D eigenvalue weighted by Gasteiger charge is -2.06. The van der Waals surface area contributed by atoms with Crippen LogP contribution < -0.4 is 4.18 Å². The van der Waals surface area contributed by atoms with E-state index in [1.165, 1.54) is 18.2 Å². The topological polar surface area (TPSA) is 60.4 Å². The smallest absolute Gasteiger partial charge is 0.306 e. The first-order chi connectivity index (χ1) is 7.33. The average Bonchev–Trinajstić information content (AvgIpc) is 2.18. The minimum absolute atomic E-state index is 0.00953. The van der Waals surface area contributed by atoms with Crippen LogP contribution in [0.3, 0.4) is 0 Å². The molecular weight excluding hydrogens is 320 g/mol. The molecule has 0 aliphatic heterocycles. The fourth-order valence-corrected chi connectivity index (χ4v) is 2.04. The van der Waals surface area contributed by atoms with E-state index in [-0.39, 0.29) is 21.9 Å². The molecule has 0 aliphatic carbocycles. The van der Waals surface area contributed by atoms with Gasteiger partial charge < -0.3 is 4.18 Å². The van der Waals surface area contributed by atoms with Gasteiger partial charge in [-0.05, 0) is 18.2 Å². The number of rotatable bonds is 4. The predicted octanol–water partition coefficient (Wildman–Crippen LogP) is 2.26. The highest BCUT2D eigenvalue weighted by Gasteiger charge is 2.11. The van der Waals surface area contributed by atoms with Gasteiger partial charge in [0.15, 0.2) is 11.5 Å². The zero-order chi connectivity index (χ0) is 12.3. The van der Waals surface area contributed by atoms with Crippen LogP contribution in [-0.4, -0.2) is 25.8 Å². The first-order valence-corrected chi connectivity index (χ1v) is 7.43. The molecule has 0 heterocycles. The van der Waals surface area contributed by atoms with E-state index in [4.69, 9.17) is 11.6 Å². The number of halogens is 2. The first kappa shape index (κ1) is 13.5. The Morgan fingerprint density at radius 3 is 2.56 bits per heavy atom. The molecule has 0 spiro atoms. The Bertz CT molecular complexity index is 512. The minimum atomic E-state index is -3.62. The van der Waals surface area contributed by atoms with Crippen LogP contribution in [-0.2, 0) is 10.1 Å². The second-order valence-corrected chi connectivity index (χ2v) is 5.53. The highest BCUT2D eigenvalue weighted by atomic mass is 79.9. The number of benzene rings is 1. The molecule has 0 atom stereocenters.